The number of hydrogen-bond donors (Lipinski definition) is 2. The van der Waals surface area contributed by atoms with Gasteiger partial charge in [0.2, 0.25) is 5.91 Å². The van der Waals surface area contributed by atoms with Gasteiger partial charge in [0.15, 0.2) is 5.79 Å². The van der Waals surface area contributed by atoms with Gasteiger partial charge in [-0.05, 0) is 25.1 Å². The molecule has 1 saturated heterocycles. The molecule has 0 aromatic heterocycles. The van der Waals surface area contributed by atoms with Crippen molar-refractivity contribution in [1.82, 2.24) is 5.43 Å². The first-order valence-electron chi connectivity index (χ1n) is 6.07. The molecule has 7 heteroatoms. The zero-order valence-corrected chi connectivity index (χ0v) is 12.5. The second-order valence-electron chi connectivity index (χ2n) is 4.50. The van der Waals surface area contributed by atoms with Gasteiger partial charge in [-0.15, -0.1) is 0 Å². The first-order valence-corrected chi connectivity index (χ1v) is 6.86. The van der Waals surface area contributed by atoms with Crippen molar-refractivity contribution in [1.29, 1.82) is 0 Å². The van der Waals surface area contributed by atoms with Crippen molar-refractivity contribution in [3.05, 3.63) is 28.2 Å². The fourth-order valence-corrected chi connectivity index (χ4v) is 2.17. The number of hydrazone groups is 1. The van der Waals surface area contributed by atoms with E-state index in [4.69, 9.17) is 9.47 Å². The molecule has 0 saturated carbocycles. The molecule has 0 bridgehead atoms. The second-order valence-corrected chi connectivity index (χ2v) is 5.42. The lowest BCUT2D eigenvalue weighted by molar-refractivity contribution is -0.159. The third kappa shape index (κ3) is 4.03. The van der Waals surface area contributed by atoms with Crippen LogP contribution in [0.4, 0.5) is 0 Å². The molecule has 1 aliphatic rings. The summed E-state index contributed by atoms with van der Waals surface area (Å²) < 4.78 is 11.5. The number of nitrogens with zero attached hydrogens (tertiary/aromatic N) is 1. The smallest absolute Gasteiger partial charge is 0.245 e. The van der Waals surface area contributed by atoms with E-state index >= 15 is 0 Å². The molecule has 20 heavy (non-hydrogen) atoms. The average molecular weight is 343 g/mol. The van der Waals surface area contributed by atoms with Gasteiger partial charge in [-0.25, -0.2) is 5.43 Å². The van der Waals surface area contributed by atoms with Crippen molar-refractivity contribution < 1.29 is 19.4 Å². The number of phenolic OH excluding ortho intramolecular Hbond substituents is 1. The van der Waals surface area contributed by atoms with Crippen LogP contribution in [0, 0.1) is 0 Å². The number of hydrogen-bond acceptors (Lipinski definition) is 5. The lowest BCUT2D eigenvalue weighted by atomic mass is 10.2. The van der Waals surface area contributed by atoms with E-state index in [2.05, 4.69) is 26.5 Å². The summed E-state index contributed by atoms with van der Waals surface area (Å²) in [5.41, 5.74) is 2.87. The molecule has 0 spiro atoms. The van der Waals surface area contributed by atoms with E-state index in [0.29, 0.717) is 18.8 Å². The third-order valence-corrected chi connectivity index (χ3v) is 3.26. The Labute approximate surface area is 124 Å². The number of phenols is 1. The number of rotatable bonds is 4. The molecular weight excluding hydrogens is 328 g/mol. The summed E-state index contributed by atoms with van der Waals surface area (Å²) in [7, 11) is 0. The van der Waals surface area contributed by atoms with Crippen LogP contribution < -0.4 is 5.43 Å². The van der Waals surface area contributed by atoms with E-state index in [1.165, 1.54) is 12.3 Å². The van der Waals surface area contributed by atoms with Crippen LogP contribution >= 0.6 is 15.9 Å². The highest BCUT2D eigenvalue weighted by molar-refractivity contribution is 9.10. The van der Waals surface area contributed by atoms with E-state index in [-0.39, 0.29) is 18.1 Å². The van der Waals surface area contributed by atoms with Gasteiger partial charge in [0.25, 0.3) is 0 Å². The minimum atomic E-state index is -0.877. The number of carbonyl (C=O) groups is 1. The van der Waals surface area contributed by atoms with Crippen molar-refractivity contribution in [2.45, 2.75) is 19.1 Å². The van der Waals surface area contributed by atoms with Gasteiger partial charge in [-0.1, -0.05) is 15.9 Å². The molecule has 0 radical (unpaired) electrons. The quantitative estimate of drug-likeness (QED) is 0.645. The Morgan fingerprint density at radius 2 is 2.25 bits per heavy atom. The molecule has 1 heterocycles. The lowest BCUT2D eigenvalue weighted by Crippen LogP contribution is -2.33. The second kappa shape index (κ2) is 6.34. The minimum Gasteiger partial charge on any atom is -0.507 e. The number of benzene rings is 1. The maximum atomic E-state index is 11.7. The normalized spacial score (nSPS) is 17.5. The van der Waals surface area contributed by atoms with Gasteiger partial charge in [-0.3, -0.25) is 4.79 Å². The first kappa shape index (κ1) is 15.0. The molecule has 1 aromatic carbocycles. The Hall–Kier alpha value is -1.44. The SMILES string of the molecule is CC1(CC(=O)N/N=C\c2cc(Br)ccc2O)OCCO1. The van der Waals surface area contributed by atoms with Crippen molar-refractivity contribution >= 4 is 28.1 Å². The standard InChI is InChI=1S/C13H15BrN2O4/c1-13(19-4-5-20-13)7-12(18)16-15-8-9-6-10(14)2-3-11(9)17/h2-3,6,8,17H,4-5,7H2,1H3,(H,16,18)/b15-8-. The van der Waals surface area contributed by atoms with E-state index < -0.39 is 5.79 Å². The summed E-state index contributed by atoms with van der Waals surface area (Å²) in [5.74, 6) is -1.11. The third-order valence-electron chi connectivity index (χ3n) is 2.76. The Morgan fingerprint density at radius 3 is 2.95 bits per heavy atom. The van der Waals surface area contributed by atoms with Crippen LogP contribution in [-0.2, 0) is 14.3 Å². The lowest BCUT2D eigenvalue weighted by Gasteiger charge is -2.20. The molecule has 1 aromatic rings. The highest BCUT2D eigenvalue weighted by atomic mass is 79.9. The van der Waals surface area contributed by atoms with Gasteiger partial charge in [0.05, 0.1) is 25.8 Å². The van der Waals surface area contributed by atoms with Crippen LogP contribution in [0.15, 0.2) is 27.8 Å². The molecule has 1 amide bonds. The van der Waals surface area contributed by atoms with Crippen LogP contribution in [0.25, 0.3) is 0 Å². The van der Waals surface area contributed by atoms with Gasteiger partial charge in [0.1, 0.15) is 5.75 Å². The molecule has 1 fully saturated rings. The van der Waals surface area contributed by atoms with Gasteiger partial charge >= 0.3 is 0 Å². The molecule has 0 aliphatic carbocycles. The maximum absolute atomic E-state index is 11.7. The minimum absolute atomic E-state index is 0.0643. The molecule has 108 valence electrons. The number of amides is 1. The van der Waals surface area contributed by atoms with Gasteiger partial charge in [0, 0.05) is 10.0 Å². The summed E-state index contributed by atoms with van der Waals surface area (Å²) >= 11 is 3.29. The maximum Gasteiger partial charge on any atom is 0.245 e. The Bertz CT molecular complexity index is 527. The molecule has 6 nitrogen and oxygen atoms in total. The van der Waals surface area contributed by atoms with E-state index in [1.807, 2.05) is 0 Å². The molecule has 2 N–H and O–H groups in total. The van der Waals surface area contributed by atoms with E-state index in [0.717, 1.165) is 4.47 Å². The van der Waals surface area contributed by atoms with Gasteiger partial charge in [-0.2, -0.15) is 5.10 Å². The summed E-state index contributed by atoms with van der Waals surface area (Å²) in [6, 6.07) is 4.94. The highest BCUT2D eigenvalue weighted by Crippen LogP contribution is 2.22. The van der Waals surface area contributed by atoms with Crippen molar-refractivity contribution in [3.8, 4) is 5.75 Å². The predicted octanol–water partition coefficient (Wildman–Crippen LogP) is 1.76. The number of halogens is 1. The monoisotopic (exact) mass is 342 g/mol. The first-order chi connectivity index (χ1) is 9.48. The van der Waals surface area contributed by atoms with Crippen LogP contribution in [0.3, 0.4) is 0 Å². The zero-order valence-electron chi connectivity index (χ0n) is 10.9. The summed E-state index contributed by atoms with van der Waals surface area (Å²) in [6.45, 7) is 2.68. The highest BCUT2D eigenvalue weighted by Gasteiger charge is 2.33. The average Bonchev–Trinajstić information content (AvgIpc) is 2.80. The zero-order chi connectivity index (χ0) is 14.6. The fourth-order valence-electron chi connectivity index (χ4n) is 1.79. The summed E-state index contributed by atoms with van der Waals surface area (Å²) in [5, 5.41) is 13.4. The Kier molecular flexibility index (Phi) is 4.74. The Balaban J connectivity index is 1.89. The number of nitrogens with one attached hydrogen (secondary N) is 1. The molecule has 0 atom stereocenters. The largest absolute Gasteiger partial charge is 0.507 e. The number of aromatic hydroxyl groups is 1. The van der Waals surface area contributed by atoms with Crippen LogP contribution in [-0.4, -0.2) is 36.2 Å². The number of ether oxygens (including phenoxy) is 2. The molecule has 1 aliphatic heterocycles. The topological polar surface area (TPSA) is 80.2 Å². The van der Waals surface area contributed by atoms with Gasteiger partial charge < -0.3 is 14.6 Å². The molecule has 0 unspecified atom stereocenters. The van der Waals surface area contributed by atoms with Crippen LogP contribution in [0.1, 0.15) is 18.9 Å². The Morgan fingerprint density at radius 1 is 1.55 bits per heavy atom. The van der Waals surface area contributed by atoms with E-state index in [1.54, 1.807) is 19.1 Å². The molecular formula is C13H15BrN2O4. The van der Waals surface area contributed by atoms with E-state index in [9.17, 15) is 9.90 Å². The molecule has 2 rings (SSSR count). The summed E-state index contributed by atoms with van der Waals surface area (Å²) in [6.07, 6.45) is 1.44. The predicted molar refractivity (Wildman–Crippen MR) is 76.5 cm³/mol. The number of carbonyl (C=O) groups excluding carboxylic acids is 1. The van der Waals surface area contributed by atoms with Crippen molar-refractivity contribution in [2.75, 3.05) is 13.2 Å². The fraction of sp³-hybridized carbons (Fsp3) is 0.385. The van der Waals surface area contributed by atoms with Crippen molar-refractivity contribution in [2.24, 2.45) is 5.10 Å². The van der Waals surface area contributed by atoms with Crippen LogP contribution in [0.2, 0.25) is 0 Å². The summed E-state index contributed by atoms with van der Waals surface area (Å²) in [4.78, 5) is 11.7. The van der Waals surface area contributed by atoms with Crippen LogP contribution in [0.5, 0.6) is 5.75 Å². The van der Waals surface area contributed by atoms with Crippen molar-refractivity contribution in [3.63, 3.8) is 0 Å².